The van der Waals surface area contributed by atoms with Crippen molar-refractivity contribution in [2.75, 3.05) is 31.6 Å². The molecular formula is C36H37N7O3. The summed E-state index contributed by atoms with van der Waals surface area (Å²) in [4.78, 5) is 47.3. The number of aromatic amines is 1. The van der Waals surface area contributed by atoms with E-state index in [0.717, 1.165) is 70.1 Å². The highest BCUT2D eigenvalue weighted by Crippen LogP contribution is 2.43. The number of nitrogens with one attached hydrogen (secondary N) is 1. The van der Waals surface area contributed by atoms with Crippen LogP contribution in [0.25, 0.3) is 33.7 Å². The standard InChI is InChI=1S/C36H37N7O3/c1-21-26(5-4-6-30(21)43-13-14-46-31-16-25(24-7-8-24)9-10-27(31)36(43)45)34-28-17-29(40-35(28)38-19-37-34)33-22(2)42(20-39-33)18-23-11-12-41(3)32(44)15-23/h4-6,9-10,16-17,19-20,23-24H,7-8,11-15,18H2,1-3H3,(H,37,38,40). The molecule has 10 heteroatoms. The number of rotatable bonds is 6. The Morgan fingerprint density at radius 3 is 2.65 bits per heavy atom. The molecule has 1 atom stereocenters. The van der Waals surface area contributed by atoms with Gasteiger partial charge in [-0.15, -0.1) is 0 Å². The van der Waals surface area contributed by atoms with Gasteiger partial charge in [0.2, 0.25) is 5.91 Å². The summed E-state index contributed by atoms with van der Waals surface area (Å²) in [5.74, 6) is 1.73. The van der Waals surface area contributed by atoms with Gasteiger partial charge < -0.3 is 24.1 Å². The van der Waals surface area contributed by atoms with Crippen molar-refractivity contribution in [3.05, 3.63) is 77.5 Å². The number of piperidine rings is 1. The zero-order valence-electron chi connectivity index (χ0n) is 26.4. The number of amides is 2. The monoisotopic (exact) mass is 615 g/mol. The molecule has 2 fully saturated rings. The molecule has 0 radical (unpaired) electrons. The molecule has 1 saturated carbocycles. The molecule has 10 nitrogen and oxygen atoms in total. The quantitative estimate of drug-likeness (QED) is 0.255. The molecule has 1 unspecified atom stereocenters. The average Bonchev–Trinajstić information content (AvgIpc) is 3.76. The Morgan fingerprint density at radius 1 is 0.957 bits per heavy atom. The van der Waals surface area contributed by atoms with Crippen LogP contribution in [0.15, 0.2) is 55.1 Å². The molecule has 3 aliphatic rings. The summed E-state index contributed by atoms with van der Waals surface area (Å²) in [6.07, 6.45) is 7.40. The molecule has 3 aromatic heterocycles. The van der Waals surface area contributed by atoms with Gasteiger partial charge in [0.05, 0.1) is 29.8 Å². The lowest BCUT2D eigenvalue weighted by Gasteiger charge is -2.29. The number of aromatic nitrogens is 5. The topological polar surface area (TPSA) is 109 Å². The highest BCUT2D eigenvalue weighted by Gasteiger charge is 2.30. The molecule has 1 N–H and O–H groups in total. The van der Waals surface area contributed by atoms with Crippen LogP contribution in [-0.2, 0) is 11.3 Å². The molecule has 0 bridgehead atoms. The van der Waals surface area contributed by atoms with E-state index < -0.39 is 0 Å². The maximum atomic E-state index is 13.9. The second kappa shape index (κ2) is 11.1. The van der Waals surface area contributed by atoms with Crippen LogP contribution in [0.1, 0.15) is 58.8 Å². The molecule has 46 heavy (non-hydrogen) atoms. The van der Waals surface area contributed by atoms with Crippen LogP contribution < -0.4 is 9.64 Å². The Balaban J connectivity index is 1.10. The molecule has 2 amide bonds. The zero-order chi connectivity index (χ0) is 31.5. The first kappa shape index (κ1) is 28.5. The molecule has 234 valence electrons. The Hall–Kier alpha value is -4.99. The number of hydrogen-bond acceptors (Lipinski definition) is 6. The minimum Gasteiger partial charge on any atom is -0.491 e. The average molecular weight is 616 g/mol. The van der Waals surface area contributed by atoms with Gasteiger partial charge in [0.25, 0.3) is 5.91 Å². The minimum atomic E-state index is -0.0532. The van der Waals surface area contributed by atoms with E-state index in [-0.39, 0.29) is 11.8 Å². The molecule has 5 heterocycles. The summed E-state index contributed by atoms with van der Waals surface area (Å²) in [7, 11) is 1.87. The molecule has 2 aliphatic heterocycles. The molecule has 1 saturated heterocycles. The lowest BCUT2D eigenvalue weighted by molar-refractivity contribution is -0.133. The van der Waals surface area contributed by atoms with E-state index >= 15 is 0 Å². The smallest absolute Gasteiger partial charge is 0.262 e. The normalized spacial score (nSPS) is 18.5. The first-order valence-corrected chi connectivity index (χ1v) is 16.1. The Labute approximate surface area is 267 Å². The third-order valence-electron chi connectivity index (χ3n) is 9.95. The van der Waals surface area contributed by atoms with Crippen LogP contribution in [0, 0.1) is 19.8 Å². The number of benzene rings is 2. The third kappa shape index (κ3) is 4.92. The second-order valence-electron chi connectivity index (χ2n) is 13.0. The van der Waals surface area contributed by atoms with Crippen molar-refractivity contribution < 1.29 is 14.3 Å². The van der Waals surface area contributed by atoms with Gasteiger partial charge >= 0.3 is 0 Å². The van der Waals surface area contributed by atoms with Crippen LogP contribution in [0.4, 0.5) is 5.69 Å². The highest BCUT2D eigenvalue weighted by molar-refractivity contribution is 6.09. The summed E-state index contributed by atoms with van der Waals surface area (Å²) in [6, 6.07) is 14.1. The number of nitrogens with zero attached hydrogens (tertiary/aromatic N) is 6. The van der Waals surface area contributed by atoms with E-state index in [1.54, 1.807) is 6.33 Å². The highest BCUT2D eigenvalue weighted by atomic mass is 16.5. The Kier molecular flexibility index (Phi) is 6.88. The van der Waals surface area contributed by atoms with Crippen LogP contribution in [0.5, 0.6) is 5.75 Å². The summed E-state index contributed by atoms with van der Waals surface area (Å²) in [5.41, 5.74) is 8.87. The SMILES string of the molecule is Cc1c(-c2ncnc3[nH]c(-c4ncn(CC5CCN(C)C(=O)C5)c4C)cc23)cccc1N1CCOc2cc(C3CC3)ccc2C1=O. The van der Waals surface area contributed by atoms with Gasteiger partial charge in [0, 0.05) is 48.9 Å². The number of fused-ring (bicyclic) bond motifs is 2. The van der Waals surface area contributed by atoms with Gasteiger partial charge in [0.1, 0.15) is 30.0 Å². The Morgan fingerprint density at radius 2 is 1.83 bits per heavy atom. The van der Waals surface area contributed by atoms with Gasteiger partial charge in [-0.25, -0.2) is 15.0 Å². The van der Waals surface area contributed by atoms with Crippen molar-refractivity contribution in [3.8, 4) is 28.4 Å². The van der Waals surface area contributed by atoms with Crippen molar-refractivity contribution in [1.82, 2.24) is 29.4 Å². The van der Waals surface area contributed by atoms with Gasteiger partial charge in [-0.2, -0.15) is 0 Å². The van der Waals surface area contributed by atoms with Gasteiger partial charge in [0.15, 0.2) is 0 Å². The first-order chi connectivity index (χ1) is 22.4. The van der Waals surface area contributed by atoms with E-state index in [2.05, 4.69) is 39.7 Å². The number of imidazole rings is 1. The molecule has 8 rings (SSSR count). The first-order valence-electron chi connectivity index (χ1n) is 16.1. The molecule has 1 aliphatic carbocycles. The van der Waals surface area contributed by atoms with Gasteiger partial charge in [-0.3, -0.25) is 9.59 Å². The van der Waals surface area contributed by atoms with Crippen molar-refractivity contribution in [3.63, 3.8) is 0 Å². The fourth-order valence-corrected chi connectivity index (χ4v) is 7.02. The predicted octanol–water partition coefficient (Wildman–Crippen LogP) is 5.89. The maximum Gasteiger partial charge on any atom is 0.262 e. The van der Waals surface area contributed by atoms with Crippen molar-refractivity contribution >= 4 is 28.5 Å². The zero-order valence-corrected chi connectivity index (χ0v) is 26.4. The lowest BCUT2D eigenvalue weighted by atomic mass is 9.96. The fourth-order valence-electron chi connectivity index (χ4n) is 7.02. The van der Waals surface area contributed by atoms with E-state index in [0.29, 0.717) is 42.7 Å². The van der Waals surface area contributed by atoms with Crippen LogP contribution in [-0.4, -0.2) is 68.0 Å². The van der Waals surface area contributed by atoms with Crippen LogP contribution in [0.2, 0.25) is 0 Å². The van der Waals surface area contributed by atoms with Crippen molar-refractivity contribution in [2.45, 2.75) is 52.0 Å². The number of likely N-dealkylation sites (tertiary alicyclic amines) is 1. The summed E-state index contributed by atoms with van der Waals surface area (Å²) in [5, 5.41) is 0.885. The summed E-state index contributed by atoms with van der Waals surface area (Å²) < 4.78 is 8.25. The van der Waals surface area contributed by atoms with Crippen molar-refractivity contribution in [2.24, 2.45) is 5.92 Å². The number of carbonyl (C=O) groups is 2. The second-order valence-corrected chi connectivity index (χ2v) is 13.0. The number of H-pyrrole nitrogens is 1. The van der Waals surface area contributed by atoms with Crippen LogP contribution in [0.3, 0.4) is 0 Å². The van der Waals surface area contributed by atoms with E-state index in [1.807, 2.05) is 54.4 Å². The fraction of sp³-hybridized carbons (Fsp3) is 0.361. The number of anilines is 1. The molecule has 0 spiro atoms. The van der Waals surface area contributed by atoms with E-state index in [4.69, 9.17) is 14.7 Å². The maximum absolute atomic E-state index is 13.9. The summed E-state index contributed by atoms with van der Waals surface area (Å²) in [6.45, 7) is 6.55. The van der Waals surface area contributed by atoms with Crippen LogP contribution >= 0.6 is 0 Å². The molecular weight excluding hydrogens is 578 g/mol. The summed E-state index contributed by atoms with van der Waals surface area (Å²) >= 11 is 0. The van der Waals surface area contributed by atoms with Gasteiger partial charge in [-0.1, -0.05) is 18.2 Å². The lowest BCUT2D eigenvalue weighted by Crippen LogP contribution is -2.36. The van der Waals surface area contributed by atoms with Crippen molar-refractivity contribution in [1.29, 1.82) is 0 Å². The number of ether oxygens (including phenoxy) is 1. The van der Waals surface area contributed by atoms with E-state index in [1.165, 1.54) is 18.4 Å². The van der Waals surface area contributed by atoms with E-state index in [9.17, 15) is 9.59 Å². The molecule has 2 aromatic carbocycles. The minimum absolute atomic E-state index is 0.0532. The third-order valence-corrected chi connectivity index (χ3v) is 9.95. The number of carbonyl (C=O) groups excluding carboxylic acids is 2. The molecule has 5 aromatic rings. The predicted molar refractivity (Wildman–Crippen MR) is 176 cm³/mol. The Bertz CT molecular complexity index is 2010. The largest absolute Gasteiger partial charge is 0.491 e. The van der Waals surface area contributed by atoms with Gasteiger partial charge in [-0.05, 0) is 80.3 Å². The number of hydrogen-bond donors (Lipinski definition) is 1.